The van der Waals surface area contributed by atoms with Gasteiger partial charge in [0.1, 0.15) is 71.8 Å². The number of aliphatic hydroxyl groups is 6. The van der Waals surface area contributed by atoms with E-state index >= 15 is 0 Å². The average Bonchev–Trinajstić information content (AvgIpc) is 3.00. The Hall–Kier alpha value is -4.20. The highest BCUT2D eigenvalue weighted by Crippen LogP contribution is 2.40. The fourth-order valence-electron chi connectivity index (χ4n) is 5.00. The van der Waals surface area contributed by atoms with Crippen LogP contribution in [0.25, 0.3) is 22.3 Å². The van der Waals surface area contributed by atoms with Crippen molar-refractivity contribution in [3.05, 3.63) is 40.6 Å². The van der Waals surface area contributed by atoms with Gasteiger partial charge in [-0.1, -0.05) is 0 Å². The Kier molecular flexibility index (Phi) is 9.30. The van der Waals surface area contributed by atoms with Crippen LogP contribution < -0.4 is 14.9 Å². The van der Waals surface area contributed by atoms with Crippen molar-refractivity contribution in [1.29, 1.82) is 0 Å². The van der Waals surface area contributed by atoms with Gasteiger partial charge in [0, 0.05) is 24.6 Å². The first-order valence-corrected chi connectivity index (χ1v) is 13.9. The van der Waals surface area contributed by atoms with Gasteiger partial charge in [0.25, 0.3) is 0 Å². The van der Waals surface area contributed by atoms with Crippen LogP contribution >= 0.6 is 0 Å². The van der Waals surface area contributed by atoms with Crippen molar-refractivity contribution in [2.45, 2.75) is 75.3 Å². The van der Waals surface area contributed by atoms with Crippen molar-refractivity contribution in [1.82, 2.24) is 0 Å². The van der Waals surface area contributed by atoms with Crippen molar-refractivity contribution >= 4 is 16.9 Å². The van der Waals surface area contributed by atoms with Crippen molar-refractivity contribution in [2.24, 2.45) is 0 Å². The molecule has 17 nitrogen and oxygen atoms in total. The largest absolute Gasteiger partial charge is 0.507 e. The summed E-state index contributed by atoms with van der Waals surface area (Å²) in [6.45, 7) is 1.97. The van der Waals surface area contributed by atoms with Crippen LogP contribution in [0.4, 0.5) is 0 Å². The molecule has 2 aliphatic heterocycles. The van der Waals surface area contributed by atoms with E-state index in [1.807, 2.05) is 0 Å². The molecular formula is C29H32O17. The molecule has 9 N–H and O–H groups in total. The van der Waals surface area contributed by atoms with E-state index in [0.717, 1.165) is 31.2 Å². The van der Waals surface area contributed by atoms with Gasteiger partial charge in [-0.25, -0.2) is 0 Å². The SMILES string of the molecule is CC(=O)OCC1OC(Oc2c(-c3ccc(O)c(O)c3)oc3cc(OC4OC(C)C(O)C(O)C4O)cc(O)c3c2=O)C(O)C(O)C1O. The van der Waals surface area contributed by atoms with Gasteiger partial charge in [-0.05, 0) is 25.1 Å². The second kappa shape index (κ2) is 12.9. The molecule has 0 saturated carbocycles. The van der Waals surface area contributed by atoms with Gasteiger partial charge in [0.2, 0.25) is 23.8 Å². The first kappa shape index (κ1) is 33.2. The molecule has 10 atom stereocenters. The predicted octanol–water partition coefficient (Wildman–Crippen LogP) is -1.47. The number of ether oxygens (including phenoxy) is 5. The summed E-state index contributed by atoms with van der Waals surface area (Å²) in [5.41, 5.74) is -1.45. The Balaban J connectivity index is 1.58. The van der Waals surface area contributed by atoms with E-state index in [2.05, 4.69) is 0 Å². The highest BCUT2D eigenvalue weighted by Gasteiger charge is 2.46. The van der Waals surface area contributed by atoms with Crippen LogP contribution in [0.3, 0.4) is 0 Å². The second-order valence-electron chi connectivity index (χ2n) is 10.8. The lowest BCUT2D eigenvalue weighted by molar-refractivity contribution is -0.278. The van der Waals surface area contributed by atoms with E-state index in [1.165, 1.54) is 13.0 Å². The number of esters is 1. The third-order valence-corrected chi connectivity index (χ3v) is 7.56. The number of hydrogen-bond donors (Lipinski definition) is 9. The van der Waals surface area contributed by atoms with Gasteiger partial charge in [-0.2, -0.15) is 0 Å². The van der Waals surface area contributed by atoms with E-state index < -0.39 is 114 Å². The zero-order valence-corrected chi connectivity index (χ0v) is 24.2. The van der Waals surface area contributed by atoms with E-state index in [9.17, 15) is 55.5 Å². The van der Waals surface area contributed by atoms with Crippen LogP contribution in [0.2, 0.25) is 0 Å². The van der Waals surface area contributed by atoms with Crippen LogP contribution in [-0.2, 0) is 19.0 Å². The number of benzene rings is 2. The summed E-state index contributed by atoms with van der Waals surface area (Å²) < 4.78 is 33.0. The van der Waals surface area contributed by atoms with E-state index in [4.69, 9.17) is 28.1 Å². The molecule has 46 heavy (non-hydrogen) atoms. The van der Waals surface area contributed by atoms with Gasteiger partial charge >= 0.3 is 5.97 Å². The first-order valence-electron chi connectivity index (χ1n) is 13.9. The first-order chi connectivity index (χ1) is 21.7. The van der Waals surface area contributed by atoms with E-state index in [-0.39, 0.29) is 16.9 Å². The normalized spacial score (nSPS) is 31.4. The number of phenolic OH excluding ortho intramolecular Hbond substituents is 3. The number of phenols is 3. The van der Waals surface area contributed by atoms with Crippen LogP contribution in [0.1, 0.15) is 13.8 Å². The third-order valence-electron chi connectivity index (χ3n) is 7.56. The van der Waals surface area contributed by atoms with Crippen molar-refractivity contribution < 1.29 is 78.9 Å². The highest BCUT2D eigenvalue weighted by atomic mass is 16.7. The maximum Gasteiger partial charge on any atom is 0.302 e. The Morgan fingerprint density at radius 1 is 0.783 bits per heavy atom. The Morgan fingerprint density at radius 2 is 1.43 bits per heavy atom. The van der Waals surface area contributed by atoms with Crippen molar-refractivity contribution in [2.75, 3.05) is 6.61 Å². The quantitative estimate of drug-likeness (QED) is 0.104. The van der Waals surface area contributed by atoms with Crippen LogP contribution in [0.15, 0.2) is 39.5 Å². The molecule has 2 aromatic carbocycles. The minimum Gasteiger partial charge on any atom is -0.507 e. The lowest BCUT2D eigenvalue weighted by Crippen LogP contribution is -2.60. The molecule has 1 aromatic heterocycles. The molecule has 250 valence electrons. The molecule has 0 radical (unpaired) electrons. The number of carbonyl (C=O) groups is 1. The highest BCUT2D eigenvalue weighted by molar-refractivity contribution is 5.88. The monoisotopic (exact) mass is 652 g/mol. The van der Waals surface area contributed by atoms with Gasteiger partial charge in [0.05, 0.1) is 6.10 Å². The fourth-order valence-corrected chi connectivity index (χ4v) is 5.00. The lowest BCUT2D eigenvalue weighted by Gasteiger charge is -2.39. The molecule has 0 bridgehead atoms. The van der Waals surface area contributed by atoms with Gasteiger partial charge in [-0.3, -0.25) is 9.59 Å². The van der Waals surface area contributed by atoms with Crippen molar-refractivity contribution in [3.8, 4) is 40.1 Å². The number of fused-ring (bicyclic) bond motifs is 1. The molecule has 0 spiro atoms. The summed E-state index contributed by atoms with van der Waals surface area (Å²) >= 11 is 0. The molecule has 2 fully saturated rings. The molecule has 2 aliphatic rings. The minimum atomic E-state index is -1.96. The Bertz CT molecular complexity index is 1650. The fraction of sp³-hybridized carbons (Fsp3) is 0.448. The number of hydrogen-bond acceptors (Lipinski definition) is 17. The van der Waals surface area contributed by atoms with Crippen LogP contribution in [0.5, 0.6) is 28.7 Å². The summed E-state index contributed by atoms with van der Waals surface area (Å²) in [6.07, 6.45) is -16.1. The zero-order valence-electron chi connectivity index (χ0n) is 24.2. The summed E-state index contributed by atoms with van der Waals surface area (Å²) in [5, 5.41) is 92.1. The third kappa shape index (κ3) is 6.26. The zero-order chi connectivity index (χ0) is 33.6. The lowest BCUT2D eigenvalue weighted by atomic mass is 9.99. The molecular weight excluding hydrogens is 620 g/mol. The Labute approximate surface area is 258 Å². The minimum absolute atomic E-state index is 0.0607. The van der Waals surface area contributed by atoms with Gasteiger partial charge < -0.3 is 74.1 Å². The molecule has 10 unspecified atom stereocenters. The van der Waals surface area contributed by atoms with Crippen LogP contribution in [0, 0.1) is 0 Å². The predicted molar refractivity (Wildman–Crippen MR) is 150 cm³/mol. The van der Waals surface area contributed by atoms with E-state index in [0.29, 0.717) is 0 Å². The number of carbonyl (C=O) groups excluding carboxylic acids is 1. The number of aromatic hydroxyl groups is 3. The molecule has 3 heterocycles. The number of rotatable bonds is 7. The molecule has 0 amide bonds. The Morgan fingerprint density at radius 3 is 2.09 bits per heavy atom. The maximum atomic E-state index is 13.9. The average molecular weight is 653 g/mol. The standard InChI is InChI=1S/C29H32O17/c1-9-19(34)22(37)24(39)28(42-9)43-12-6-15(33)18-16(7-12)44-26(11-3-4-13(31)14(32)5-11)27(21(18)36)46-29-25(40)23(38)20(35)17(45-29)8-41-10(2)30/h3-7,9,17,19-20,22-25,28-29,31-35,37-40H,8H2,1-2H3. The molecule has 2 saturated heterocycles. The topological polar surface area (TPSA) is 275 Å². The second-order valence-corrected chi connectivity index (χ2v) is 10.8. The van der Waals surface area contributed by atoms with Gasteiger partial charge in [-0.15, -0.1) is 0 Å². The summed E-state index contributed by atoms with van der Waals surface area (Å²) in [7, 11) is 0. The summed E-state index contributed by atoms with van der Waals surface area (Å²) in [6, 6.07) is 5.40. The molecule has 3 aromatic rings. The summed E-state index contributed by atoms with van der Waals surface area (Å²) in [4.78, 5) is 25.1. The van der Waals surface area contributed by atoms with Crippen LogP contribution in [-0.4, -0.2) is 120 Å². The summed E-state index contributed by atoms with van der Waals surface area (Å²) in [5.74, 6) is -3.96. The number of aliphatic hydroxyl groups excluding tert-OH is 6. The molecule has 17 heteroatoms. The van der Waals surface area contributed by atoms with Gasteiger partial charge in [0.15, 0.2) is 17.3 Å². The smallest absolute Gasteiger partial charge is 0.302 e. The molecule has 5 rings (SSSR count). The van der Waals surface area contributed by atoms with Crippen molar-refractivity contribution in [3.63, 3.8) is 0 Å². The van der Waals surface area contributed by atoms with E-state index in [1.54, 1.807) is 0 Å². The maximum absolute atomic E-state index is 13.9. The molecule has 0 aliphatic carbocycles.